The fourth-order valence-electron chi connectivity index (χ4n) is 1.79. The van der Waals surface area contributed by atoms with E-state index in [0.29, 0.717) is 0 Å². The van der Waals surface area contributed by atoms with Crippen molar-refractivity contribution >= 4 is 0 Å². The maximum atomic E-state index is 4.25. The number of hydrogen-bond acceptors (Lipinski definition) is 0. The van der Waals surface area contributed by atoms with Crippen LogP contribution in [0.2, 0.25) is 0 Å². The van der Waals surface area contributed by atoms with Gasteiger partial charge in [-0.3, -0.25) is 0 Å². The molecular weight excluding hydrogens is 110 g/mol. The molecule has 1 fully saturated rings. The Hall–Kier alpha value is -0.510. The second-order valence-corrected chi connectivity index (χ2v) is 3.19. The maximum absolute atomic E-state index is 4.25. The van der Waals surface area contributed by atoms with Crippen molar-refractivity contribution in [2.24, 2.45) is 11.8 Å². The van der Waals surface area contributed by atoms with Crippen molar-refractivity contribution in [3.8, 4) is 6.07 Å². The number of nitrogens with zero attached hydrogens (tertiary/aromatic N) is 1. The van der Waals surface area contributed by atoms with Crippen LogP contribution in [0.15, 0.2) is 0 Å². The zero-order valence-corrected chi connectivity index (χ0v) is 5.64. The topological polar surface area (TPSA) is 4.36 Å². The predicted octanol–water partition coefficient (Wildman–Crippen LogP) is 2.14. The van der Waals surface area contributed by atoms with Crippen LogP contribution in [0.1, 0.15) is 25.7 Å². The molecule has 0 amide bonds. The van der Waals surface area contributed by atoms with Crippen molar-refractivity contribution in [3.63, 3.8) is 0 Å². The highest BCUT2D eigenvalue weighted by atomic mass is 14.7. The normalized spacial score (nSPS) is 39.1. The molecule has 0 aromatic carbocycles. The zero-order valence-electron chi connectivity index (χ0n) is 5.64. The molecule has 1 saturated carbocycles. The molecule has 0 aromatic heterocycles. The molecule has 0 saturated heterocycles. The van der Waals surface area contributed by atoms with E-state index >= 15 is 0 Å². The molecule has 3 rings (SSSR count). The van der Waals surface area contributed by atoms with Gasteiger partial charge in [-0.2, -0.15) is 0 Å². The molecule has 1 heteroatoms. The lowest BCUT2D eigenvalue weighted by molar-refractivity contribution is 0.343. The van der Waals surface area contributed by atoms with E-state index in [2.05, 4.69) is 10.9 Å². The smallest absolute Gasteiger partial charge is 0.0831 e. The fourth-order valence-corrected chi connectivity index (χ4v) is 1.79. The first-order valence-electron chi connectivity index (χ1n) is 3.87. The molecule has 0 radical (unpaired) electrons. The van der Waals surface area contributed by atoms with Crippen molar-refractivity contribution < 1.29 is 0 Å². The van der Waals surface area contributed by atoms with Gasteiger partial charge in [-0.05, 0) is 25.7 Å². The van der Waals surface area contributed by atoms with Gasteiger partial charge in [-0.25, -0.2) is 0 Å². The van der Waals surface area contributed by atoms with Gasteiger partial charge < -0.3 is 0 Å². The molecule has 0 unspecified atom stereocenters. The van der Waals surface area contributed by atoms with E-state index in [4.69, 9.17) is 0 Å². The third-order valence-electron chi connectivity index (χ3n) is 2.47. The second kappa shape index (κ2) is 2.02. The van der Waals surface area contributed by atoms with Crippen molar-refractivity contribution in [2.45, 2.75) is 25.7 Å². The van der Waals surface area contributed by atoms with Crippen molar-refractivity contribution in [1.82, 2.24) is 0 Å². The molecule has 0 aromatic rings. The number of hydrogen-bond donors (Lipinski definition) is 0. The van der Waals surface area contributed by atoms with Gasteiger partial charge in [-0.15, -0.1) is 0 Å². The third-order valence-corrected chi connectivity index (χ3v) is 2.47. The standard InChI is InChI=1S/C8H12N/c1-2-8-4-3-7(1)5-9-6-8/h7-8H,1-5H2/q+1. The van der Waals surface area contributed by atoms with E-state index < -0.39 is 0 Å². The van der Waals surface area contributed by atoms with Crippen LogP contribution in [0, 0.1) is 17.9 Å². The molecule has 0 spiro atoms. The van der Waals surface area contributed by atoms with Gasteiger partial charge >= 0.3 is 0 Å². The van der Waals surface area contributed by atoms with Gasteiger partial charge in [0.1, 0.15) is 0 Å². The average molecular weight is 122 g/mol. The van der Waals surface area contributed by atoms with Crippen LogP contribution < -0.4 is 0 Å². The van der Waals surface area contributed by atoms with E-state index in [-0.39, 0.29) is 0 Å². The molecular formula is C8H12N+. The van der Waals surface area contributed by atoms with Crippen molar-refractivity contribution in [2.75, 3.05) is 6.54 Å². The number of rotatable bonds is 0. The van der Waals surface area contributed by atoms with E-state index in [1.807, 2.05) is 0 Å². The highest BCUT2D eigenvalue weighted by Crippen LogP contribution is 2.30. The summed E-state index contributed by atoms with van der Waals surface area (Å²) in [5.74, 6) is 1.64. The summed E-state index contributed by atoms with van der Waals surface area (Å²) in [6, 6.07) is 3.20. The van der Waals surface area contributed by atoms with E-state index in [1.54, 1.807) is 0 Å². The summed E-state index contributed by atoms with van der Waals surface area (Å²) in [7, 11) is 0. The first-order chi connectivity index (χ1) is 4.45. The number of fused-ring (bicyclic) bond motifs is 3. The lowest BCUT2D eigenvalue weighted by Crippen LogP contribution is -2.11. The molecule has 0 N–H and O–H groups in total. The Bertz CT molecular complexity index is 155. The summed E-state index contributed by atoms with van der Waals surface area (Å²) in [5.41, 5.74) is 0. The Morgan fingerprint density at radius 1 is 1.11 bits per heavy atom. The minimum atomic E-state index is 0.726. The highest BCUT2D eigenvalue weighted by molar-refractivity contribution is 5.01. The van der Waals surface area contributed by atoms with Gasteiger partial charge in [0.2, 0.25) is 0 Å². The van der Waals surface area contributed by atoms with Crippen LogP contribution in [-0.4, -0.2) is 6.54 Å². The summed E-state index contributed by atoms with van der Waals surface area (Å²) < 4.78 is 0. The molecule has 1 nitrogen and oxygen atoms in total. The first-order valence-corrected chi connectivity index (χ1v) is 3.87. The minimum Gasteiger partial charge on any atom is -0.0831 e. The highest BCUT2D eigenvalue weighted by Gasteiger charge is 2.28. The van der Waals surface area contributed by atoms with Crippen molar-refractivity contribution in [3.05, 3.63) is 4.85 Å². The summed E-state index contributed by atoms with van der Waals surface area (Å²) in [6.07, 6.45) is 5.52. The monoisotopic (exact) mass is 122 g/mol. The fraction of sp³-hybridized carbons (Fsp3) is 0.875. The SMILES string of the molecule is C1#[N+]CC2CCC1CC2. The minimum absolute atomic E-state index is 0.726. The van der Waals surface area contributed by atoms with E-state index in [0.717, 1.165) is 18.4 Å². The molecule has 2 aliphatic heterocycles. The lowest BCUT2D eigenvalue weighted by atomic mass is 9.84. The Kier molecular flexibility index (Phi) is 1.19. The Labute approximate surface area is 55.9 Å². The molecule has 9 heavy (non-hydrogen) atoms. The molecule has 1 aliphatic carbocycles. The Morgan fingerprint density at radius 2 is 1.89 bits per heavy atom. The largest absolute Gasteiger partial charge is 0.276 e. The molecule has 3 aliphatic rings. The molecule has 0 atom stereocenters. The molecule has 48 valence electrons. The zero-order chi connectivity index (χ0) is 6.10. The quantitative estimate of drug-likeness (QED) is 0.463. The van der Waals surface area contributed by atoms with Crippen molar-refractivity contribution in [1.29, 1.82) is 0 Å². The summed E-state index contributed by atoms with van der Waals surface area (Å²) in [5, 5.41) is 0. The van der Waals surface area contributed by atoms with Gasteiger partial charge in [0.05, 0.1) is 5.92 Å². The van der Waals surface area contributed by atoms with Crippen LogP contribution in [-0.2, 0) is 0 Å². The summed E-state index contributed by atoms with van der Waals surface area (Å²) in [6.45, 7) is 1.07. The Balaban J connectivity index is 2.16. The predicted molar refractivity (Wildman–Crippen MR) is 37.6 cm³/mol. The average Bonchev–Trinajstić information content (AvgIpc) is 2.21. The third kappa shape index (κ3) is 0.941. The maximum Gasteiger partial charge on any atom is 0.276 e. The van der Waals surface area contributed by atoms with Crippen LogP contribution in [0.4, 0.5) is 0 Å². The van der Waals surface area contributed by atoms with Gasteiger partial charge in [0, 0.05) is 5.92 Å². The van der Waals surface area contributed by atoms with Gasteiger partial charge in [0.15, 0.2) is 0 Å². The summed E-state index contributed by atoms with van der Waals surface area (Å²) >= 11 is 0. The van der Waals surface area contributed by atoms with Crippen LogP contribution in [0.25, 0.3) is 4.85 Å². The summed E-state index contributed by atoms with van der Waals surface area (Å²) in [4.78, 5) is 4.25. The molecule has 2 heterocycles. The Morgan fingerprint density at radius 3 is 2.67 bits per heavy atom. The second-order valence-electron chi connectivity index (χ2n) is 3.19. The van der Waals surface area contributed by atoms with E-state index in [9.17, 15) is 0 Å². The van der Waals surface area contributed by atoms with Gasteiger partial charge in [-0.1, -0.05) is 4.85 Å². The molecule has 2 bridgehead atoms. The van der Waals surface area contributed by atoms with Crippen LogP contribution in [0.5, 0.6) is 0 Å². The van der Waals surface area contributed by atoms with Gasteiger partial charge in [0.25, 0.3) is 12.6 Å². The van der Waals surface area contributed by atoms with Crippen LogP contribution >= 0.6 is 0 Å². The van der Waals surface area contributed by atoms with E-state index in [1.165, 1.54) is 25.7 Å². The van der Waals surface area contributed by atoms with Crippen LogP contribution in [0.3, 0.4) is 0 Å². The first kappa shape index (κ1) is 5.29. The lowest BCUT2D eigenvalue weighted by Gasteiger charge is -2.15.